The van der Waals surface area contributed by atoms with Crippen LogP contribution in [0.2, 0.25) is 0 Å². The molecule has 26 heavy (non-hydrogen) atoms. The lowest BCUT2D eigenvalue weighted by Gasteiger charge is -2.14. The molecule has 0 aliphatic heterocycles. The van der Waals surface area contributed by atoms with Gasteiger partial charge in [0.1, 0.15) is 18.8 Å². The van der Waals surface area contributed by atoms with Gasteiger partial charge in [0, 0.05) is 19.4 Å². The molecule has 2 rings (SSSR count). The molecule has 0 aliphatic rings. The summed E-state index contributed by atoms with van der Waals surface area (Å²) < 4.78 is 13.0. The fraction of sp³-hybridized carbons (Fsp3) is 0.444. The number of nitrogens with one attached hydrogen (secondary N) is 1. The molecule has 1 aromatic heterocycles. The molecule has 2 N–H and O–H groups in total. The van der Waals surface area contributed by atoms with E-state index in [2.05, 4.69) is 15.9 Å². The largest absolute Gasteiger partial charge is 0.462 e. The van der Waals surface area contributed by atoms with Gasteiger partial charge in [-0.1, -0.05) is 0 Å². The maximum absolute atomic E-state index is 12.6. The van der Waals surface area contributed by atoms with Gasteiger partial charge in [0.15, 0.2) is 0 Å². The highest BCUT2D eigenvalue weighted by atomic mass is 79.9. The molecule has 142 valence electrons. The standard InChI is InChI=1S/C18H23BrN2O5/c1-5-25-18(24)17-12-8-16(26-11(2)23)13(19)9-14(12)21(4)15(17)10-20(3)6-7-22/h8-9,22H,5-7,10H2,1-4H3/p+1. The molecule has 0 radical (unpaired) electrons. The lowest BCUT2D eigenvalue weighted by Crippen LogP contribution is -3.08. The minimum Gasteiger partial charge on any atom is -0.462 e. The van der Waals surface area contributed by atoms with E-state index in [1.54, 1.807) is 13.0 Å². The molecule has 0 saturated carbocycles. The van der Waals surface area contributed by atoms with Crippen LogP contribution in [0.25, 0.3) is 10.9 Å². The number of aliphatic hydroxyl groups excluding tert-OH is 1. The van der Waals surface area contributed by atoms with Crippen LogP contribution in [-0.2, 0) is 23.1 Å². The van der Waals surface area contributed by atoms with Crippen molar-refractivity contribution in [3.8, 4) is 5.75 Å². The molecule has 1 aromatic carbocycles. The number of benzene rings is 1. The second-order valence-corrected chi connectivity index (χ2v) is 6.96. The van der Waals surface area contributed by atoms with E-state index in [0.29, 0.717) is 34.3 Å². The van der Waals surface area contributed by atoms with Crippen LogP contribution < -0.4 is 9.64 Å². The summed E-state index contributed by atoms with van der Waals surface area (Å²) in [5.41, 5.74) is 2.08. The van der Waals surface area contributed by atoms with Crippen molar-refractivity contribution in [2.75, 3.05) is 26.8 Å². The minimum atomic E-state index is -0.439. The zero-order valence-corrected chi connectivity index (χ0v) is 17.0. The van der Waals surface area contributed by atoms with Crippen LogP contribution in [0.3, 0.4) is 0 Å². The molecule has 1 atom stereocenters. The van der Waals surface area contributed by atoms with Gasteiger partial charge in [-0.25, -0.2) is 4.79 Å². The van der Waals surface area contributed by atoms with Crippen molar-refractivity contribution in [1.29, 1.82) is 0 Å². The van der Waals surface area contributed by atoms with E-state index in [1.807, 2.05) is 24.7 Å². The maximum atomic E-state index is 12.6. The average Bonchev–Trinajstić information content (AvgIpc) is 2.80. The third-order valence-electron chi connectivity index (χ3n) is 4.12. The molecule has 8 heteroatoms. The minimum absolute atomic E-state index is 0.0622. The maximum Gasteiger partial charge on any atom is 0.340 e. The number of aryl methyl sites for hydroxylation is 1. The van der Waals surface area contributed by atoms with Crippen LogP contribution >= 0.6 is 15.9 Å². The molecule has 2 aromatic rings. The molecular weight excluding hydrogens is 404 g/mol. The van der Waals surface area contributed by atoms with Gasteiger partial charge in [0.2, 0.25) is 0 Å². The molecule has 0 spiro atoms. The van der Waals surface area contributed by atoms with Crippen molar-refractivity contribution >= 4 is 38.8 Å². The fourth-order valence-corrected chi connectivity index (χ4v) is 3.34. The third kappa shape index (κ3) is 4.25. The number of hydrogen-bond donors (Lipinski definition) is 2. The Morgan fingerprint density at radius 1 is 1.35 bits per heavy atom. The number of aromatic nitrogens is 1. The molecule has 1 unspecified atom stereocenters. The van der Waals surface area contributed by atoms with Gasteiger partial charge >= 0.3 is 11.9 Å². The lowest BCUT2D eigenvalue weighted by atomic mass is 10.1. The second-order valence-electron chi connectivity index (χ2n) is 6.10. The van der Waals surface area contributed by atoms with Gasteiger partial charge in [-0.15, -0.1) is 0 Å². The monoisotopic (exact) mass is 427 g/mol. The van der Waals surface area contributed by atoms with E-state index < -0.39 is 11.9 Å². The molecule has 1 heterocycles. The molecule has 0 aliphatic carbocycles. The summed E-state index contributed by atoms with van der Waals surface area (Å²) in [6, 6.07) is 3.50. The molecular formula is C18H24BrN2O5+. The smallest absolute Gasteiger partial charge is 0.340 e. The quantitative estimate of drug-likeness (QED) is 0.509. The number of fused-ring (bicyclic) bond motifs is 1. The van der Waals surface area contributed by atoms with E-state index in [4.69, 9.17) is 14.6 Å². The number of quaternary nitrogens is 1. The van der Waals surface area contributed by atoms with Crippen LogP contribution in [0.4, 0.5) is 0 Å². The summed E-state index contributed by atoms with van der Waals surface area (Å²) in [5.74, 6) is -0.504. The van der Waals surface area contributed by atoms with Crippen LogP contribution in [0.1, 0.15) is 29.9 Å². The van der Waals surface area contributed by atoms with E-state index >= 15 is 0 Å². The average molecular weight is 428 g/mol. The highest BCUT2D eigenvalue weighted by molar-refractivity contribution is 9.10. The van der Waals surface area contributed by atoms with Crippen molar-refractivity contribution in [2.45, 2.75) is 20.4 Å². The van der Waals surface area contributed by atoms with E-state index in [9.17, 15) is 9.59 Å². The Balaban J connectivity index is 2.67. The van der Waals surface area contributed by atoms with Crippen LogP contribution in [0, 0.1) is 0 Å². The molecule has 0 fully saturated rings. The van der Waals surface area contributed by atoms with Gasteiger partial charge < -0.3 is 24.0 Å². The van der Waals surface area contributed by atoms with Crippen molar-refractivity contribution in [2.24, 2.45) is 7.05 Å². The Hall–Kier alpha value is -1.90. The van der Waals surface area contributed by atoms with E-state index in [1.165, 1.54) is 6.92 Å². The number of esters is 2. The topological polar surface area (TPSA) is 82.2 Å². The SMILES string of the molecule is CCOC(=O)c1c(C[NH+](C)CCO)n(C)c2cc(Br)c(OC(C)=O)cc12. The first-order chi connectivity index (χ1) is 12.3. The Kier molecular flexibility index (Phi) is 6.80. The normalized spacial score (nSPS) is 12.2. The predicted octanol–water partition coefficient (Wildman–Crippen LogP) is 1.05. The number of carbonyl (C=O) groups is 2. The van der Waals surface area contributed by atoms with Gasteiger partial charge in [0.25, 0.3) is 0 Å². The number of aliphatic hydroxyl groups is 1. The summed E-state index contributed by atoms with van der Waals surface area (Å²) in [4.78, 5) is 25.0. The summed E-state index contributed by atoms with van der Waals surface area (Å²) >= 11 is 3.41. The first-order valence-electron chi connectivity index (χ1n) is 8.38. The Morgan fingerprint density at radius 3 is 2.62 bits per heavy atom. The van der Waals surface area contributed by atoms with Crippen LogP contribution in [0.15, 0.2) is 16.6 Å². The van der Waals surface area contributed by atoms with Crippen molar-refractivity contribution in [3.63, 3.8) is 0 Å². The van der Waals surface area contributed by atoms with Crippen molar-refractivity contribution < 1.29 is 29.1 Å². The van der Waals surface area contributed by atoms with Gasteiger partial charge in [-0.2, -0.15) is 0 Å². The Bertz CT molecular complexity index is 831. The Morgan fingerprint density at radius 2 is 2.04 bits per heavy atom. The number of likely N-dealkylation sites (N-methyl/N-ethyl adjacent to an activating group) is 1. The number of rotatable bonds is 7. The third-order valence-corrected chi connectivity index (χ3v) is 4.74. The highest BCUT2D eigenvalue weighted by Crippen LogP contribution is 2.35. The number of nitrogens with zero attached hydrogens (tertiary/aromatic N) is 1. The summed E-state index contributed by atoms with van der Waals surface area (Å²) in [7, 11) is 3.83. The summed E-state index contributed by atoms with van der Waals surface area (Å²) in [6.07, 6.45) is 0. The molecule has 0 amide bonds. The van der Waals surface area contributed by atoms with Crippen molar-refractivity contribution in [3.05, 3.63) is 27.9 Å². The van der Waals surface area contributed by atoms with Gasteiger partial charge in [0.05, 0.1) is 41.5 Å². The second kappa shape index (κ2) is 8.66. The van der Waals surface area contributed by atoms with Crippen LogP contribution in [0.5, 0.6) is 5.75 Å². The zero-order chi connectivity index (χ0) is 19.4. The first kappa shape index (κ1) is 20.4. The fourth-order valence-electron chi connectivity index (χ4n) is 2.93. The summed E-state index contributed by atoms with van der Waals surface area (Å²) in [5, 5.41) is 9.83. The number of halogens is 1. The number of hydrogen-bond acceptors (Lipinski definition) is 5. The molecule has 0 saturated heterocycles. The van der Waals surface area contributed by atoms with Crippen LogP contribution in [-0.4, -0.2) is 48.4 Å². The lowest BCUT2D eigenvalue weighted by molar-refractivity contribution is -0.894. The predicted molar refractivity (Wildman–Crippen MR) is 100 cm³/mol. The Labute approximate surface area is 160 Å². The zero-order valence-electron chi connectivity index (χ0n) is 15.4. The molecule has 7 nitrogen and oxygen atoms in total. The van der Waals surface area contributed by atoms with Crippen molar-refractivity contribution in [1.82, 2.24) is 4.57 Å². The first-order valence-corrected chi connectivity index (χ1v) is 9.17. The van der Waals surface area contributed by atoms with E-state index in [-0.39, 0.29) is 13.2 Å². The van der Waals surface area contributed by atoms with E-state index in [0.717, 1.165) is 16.1 Å². The summed E-state index contributed by atoms with van der Waals surface area (Å²) in [6.45, 7) is 4.51. The number of carbonyl (C=O) groups excluding carboxylic acids is 2. The number of ether oxygens (including phenoxy) is 2. The highest BCUT2D eigenvalue weighted by Gasteiger charge is 2.26. The van der Waals surface area contributed by atoms with Gasteiger partial charge in [-0.05, 0) is 35.0 Å². The molecule has 0 bridgehead atoms. The van der Waals surface area contributed by atoms with Gasteiger partial charge in [-0.3, -0.25) is 4.79 Å².